The summed E-state index contributed by atoms with van der Waals surface area (Å²) in [5, 5.41) is 2.62. The molecule has 1 aromatic carbocycles. The minimum Gasteiger partial charge on any atom is -0.410 e. The Labute approximate surface area is 131 Å². The minimum atomic E-state index is -3.12. The number of carbonyl (C=O) groups excluding carboxylic acids is 1. The molecular weight excluding hydrogens is 305 g/mol. The fourth-order valence-corrected chi connectivity index (χ4v) is 3.48. The quantitative estimate of drug-likeness (QED) is 0.694. The van der Waals surface area contributed by atoms with Crippen LogP contribution in [0.1, 0.15) is 32.8 Å². The second-order valence-corrected chi connectivity index (χ2v) is 6.62. The van der Waals surface area contributed by atoms with Crippen LogP contribution in [0.5, 0.6) is 5.75 Å². The third-order valence-corrected chi connectivity index (χ3v) is 4.74. The van der Waals surface area contributed by atoms with Gasteiger partial charge >= 0.3 is 13.7 Å². The Hall–Kier alpha value is -1.36. The lowest BCUT2D eigenvalue weighted by Crippen LogP contribution is -2.27. The number of ether oxygens (including phenoxy) is 1. The third kappa shape index (κ3) is 6.60. The van der Waals surface area contributed by atoms with E-state index in [0.29, 0.717) is 25.5 Å². The Morgan fingerprint density at radius 2 is 1.68 bits per heavy atom. The average Bonchev–Trinajstić information content (AvgIpc) is 2.47. The summed E-state index contributed by atoms with van der Waals surface area (Å²) in [6.45, 7) is 6.74. The summed E-state index contributed by atoms with van der Waals surface area (Å²) in [7, 11) is -3.12. The van der Waals surface area contributed by atoms with E-state index < -0.39 is 13.7 Å². The van der Waals surface area contributed by atoms with E-state index in [2.05, 4.69) is 5.32 Å². The van der Waals surface area contributed by atoms with Gasteiger partial charge in [-0.2, -0.15) is 0 Å². The van der Waals surface area contributed by atoms with E-state index in [9.17, 15) is 9.36 Å². The molecule has 0 saturated heterocycles. The fraction of sp³-hybridized carbons (Fsp3) is 0.533. The van der Waals surface area contributed by atoms with Crippen molar-refractivity contribution in [1.82, 2.24) is 5.32 Å². The molecule has 0 bridgehead atoms. The van der Waals surface area contributed by atoms with Crippen LogP contribution in [0.4, 0.5) is 4.79 Å². The number of amides is 1. The van der Waals surface area contributed by atoms with Gasteiger partial charge in [0.05, 0.1) is 19.4 Å². The van der Waals surface area contributed by atoms with Gasteiger partial charge in [-0.1, -0.05) is 19.1 Å². The maximum atomic E-state index is 12.4. The van der Waals surface area contributed by atoms with Crippen LogP contribution in [0.25, 0.3) is 0 Å². The van der Waals surface area contributed by atoms with Crippen LogP contribution in [0.15, 0.2) is 24.3 Å². The van der Waals surface area contributed by atoms with Gasteiger partial charge in [0.15, 0.2) is 0 Å². The molecule has 1 aromatic rings. The highest BCUT2D eigenvalue weighted by atomic mass is 31.2. The van der Waals surface area contributed by atoms with Crippen LogP contribution >= 0.6 is 7.60 Å². The number of hydrogen-bond acceptors (Lipinski definition) is 5. The zero-order chi connectivity index (χ0) is 16.4. The van der Waals surface area contributed by atoms with Crippen LogP contribution in [-0.4, -0.2) is 25.9 Å². The molecule has 0 atom stereocenters. The van der Waals surface area contributed by atoms with Gasteiger partial charge in [0, 0.05) is 6.54 Å². The van der Waals surface area contributed by atoms with Gasteiger partial charge in [0.25, 0.3) is 0 Å². The van der Waals surface area contributed by atoms with Crippen molar-refractivity contribution in [2.24, 2.45) is 0 Å². The Morgan fingerprint density at radius 3 is 2.18 bits per heavy atom. The Morgan fingerprint density at radius 1 is 1.09 bits per heavy atom. The van der Waals surface area contributed by atoms with Gasteiger partial charge in [-0.3, -0.25) is 4.57 Å². The van der Waals surface area contributed by atoms with E-state index in [1.165, 1.54) is 0 Å². The lowest BCUT2D eigenvalue weighted by atomic mass is 10.2. The standard InChI is InChI=1S/C15H24NO5P/c1-4-11-16-15(17)21-14-9-7-13(8-10-14)12-22(18,19-5-2)20-6-3/h7-10H,4-6,11-12H2,1-3H3,(H,16,17). The SMILES string of the molecule is CCCNC(=O)Oc1ccc(CP(=O)(OCC)OCC)cc1. The predicted octanol–water partition coefficient (Wildman–Crippen LogP) is 3.95. The Kier molecular flexibility index (Phi) is 8.17. The summed E-state index contributed by atoms with van der Waals surface area (Å²) >= 11 is 0. The van der Waals surface area contributed by atoms with Crippen molar-refractivity contribution in [2.45, 2.75) is 33.4 Å². The largest absolute Gasteiger partial charge is 0.412 e. The van der Waals surface area contributed by atoms with E-state index in [4.69, 9.17) is 13.8 Å². The first-order valence-electron chi connectivity index (χ1n) is 7.45. The van der Waals surface area contributed by atoms with E-state index in [1.54, 1.807) is 38.1 Å². The Bertz CT molecular complexity index is 493. The highest BCUT2D eigenvalue weighted by Gasteiger charge is 2.23. The second-order valence-electron chi connectivity index (χ2n) is 4.56. The highest BCUT2D eigenvalue weighted by Crippen LogP contribution is 2.51. The van der Waals surface area contributed by atoms with Crippen molar-refractivity contribution in [3.63, 3.8) is 0 Å². The van der Waals surface area contributed by atoms with Gasteiger partial charge in [-0.05, 0) is 38.0 Å². The van der Waals surface area contributed by atoms with Crippen molar-refractivity contribution in [1.29, 1.82) is 0 Å². The number of rotatable bonds is 9. The van der Waals surface area contributed by atoms with Crippen LogP contribution in [-0.2, 0) is 19.8 Å². The molecule has 6 nitrogen and oxygen atoms in total. The molecule has 1 N–H and O–H groups in total. The van der Waals surface area contributed by atoms with Crippen molar-refractivity contribution in [3.8, 4) is 5.75 Å². The van der Waals surface area contributed by atoms with Gasteiger partial charge < -0.3 is 19.1 Å². The molecule has 1 rings (SSSR count). The summed E-state index contributed by atoms with van der Waals surface area (Å²) in [6, 6.07) is 6.80. The minimum absolute atomic E-state index is 0.191. The lowest BCUT2D eigenvalue weighted by Gasteiger charge is -2.17. The molecule has 7 heteroatoms. The fourth-order valence-electron chi connectivity index (χ4n) is 1.78. The molecule has 0 heterocycles. The summed E-state index contributed by atoms with van der Waals surface area (Å²) in [5.74, 6) is 0.431. The van der Waals surface area contributed by atoms with Gasteiger partial charge in [0.1, 0.15) is 5.75 Å². The van der Waals surface area contributed by atoms with Crippen molar-refractivity contribution < 1.29 is 23.1 Å². The second kappa shape index (κ2) is 9.62. The molecule has 0 aliphatic heterocycles. The monoisotopic (exact) mass is 329 g/mol. The molecule has 1 amide bonds. The predicted molar refractivity (Wildman–Crippen MR) is 85.3 cm³/mol. The molecule has 0 spiro atoms. The lowest BCUT2D eigenvalue weighted by molar-refractivity contribution is 0.200. The van der Waals surface area contributed by atoms with Crippen LogP contribution in [0, 0.1) is 0 Å². The summed E-state index contributed by atoms with van der Waals surface area (Å²) in [6.07, 6.45) is 0.554. The molecule has 0 aliphatic carbocycles. The zero-order valence-electron chi connectivity index (χ0n) is 13.3. The number of hydrogen-bond donors (Lipinski definition) is 1. The van der Waals surface area contributed by atoms with Crippen molar-refractivity contribution >= 4 is 13.7 Å². The molecule has 0 fully saturated rings. The molecular formula is C15H24NO5P. The molecule has 0 unspecified atom stereocenters. The van der Waals surface area contributed by atoms with Gasteiger partial charge in [-0.15, -0.1) is 0 Å². The first kappa shape index (κ1) is 18.7. The third-order valence-electron chi connectivity index (χ3n) is 2.68. The van der Waals surface area contributed by atoms with Crippen molar-refractivity contribution in [2.75, 3.05) is 19.8 Å². The zero-order valence-corrected chi connectivity index (χ0v) is 14.2. The van der Waals surface area contributed by atoms with Crippen LogP contribution < -0.4 is 10.1 Å². The highest BCUT2D eigenvalue weighted by molar-refractivity contribution is 7.53. The van der Waals surface area contributed by atoms with E-state index in [0.717, 1.165) is 12.0 Å². The van der Waals surface area contributed by atoms with E-state index in [1.807, 2.05) is 6.92 Å². The van der Waals surface area contributed by atoms with Crippen LogP contribution in [0.2, 0.25) is 0 Å². The number of nitrogens with one attached hydrogen (secondary N) is 1. The first-order chi connectivity index (χ1) is 10.5. The topological polar surface area (TPSA) is 73.9 Å². The molecule has 0 aromatic heterocycles. The molecule has 0 radical (unpaired) electrons. The van der Waals surface area contributed by atoms with E-state index in [-0.39, 0.29) is 6.16 Å². The number of carbonyl (C=O) groups is 1. The van der Waals surface area contributed by atoms with Crippen LogP contribution in [0.3, 0.4) is 0 Å². The smallest absolute Gasteiger partial charge is 0.410 e. The number of benzene rings is 1. The molecule has 124 valence electrons. The maximum absolute atomic E-state index is 12.4. The molecule has 0 saturated carbocycles. The van der Waals surface area contributed by atoms with Crippen molar-refractivity contribution in [3.05, 3.63) is 29.8 Å². The van der Waals surface area contributed by atoms with Gasteiger partial charge in [-0.25, -0.2) is 4.79 Å². The average molecular weight is 329 g/mol. The Balaban J connectivity index is 2.64. The van der Waals surface area contributed by atoms with E-state index >= 15 is 0 Å². The summed E-state index contributed by atoms with van der Waals surface area (Å²) in [5.41, 5.74) is 0.798. The first-order valence-corrected chi connectivity index (χ1v) is 9.18. The summed E-state index contributed by atoms with van der Waals surface area (Å²) in [4.78, 5) is 11.4. The maximum Gasteiger partial charge on any atom is 0.412 e. The molecule has 0 aliphatic rings. The molecule has 22 heavy (non-hydrogen) atoms. The van der Waals surface area contributed by atoms with Gasteiger partial charge in [0.2, 0.25) is 0 Å². The normalized spacial score (nSPS) is 11.2. The summed E-state index contributed by atoms with van der Waals surface area (Å²) < 4.78 is 28.0.